The smallest absolute Gasteiger partial charge is 0.395 e. The number of benzene rings is 1. The highest BCUT2D eigenvalue weighted by molar-refractivity contribution is 6.37. The van der Waals surface area contributed by atoms with Gasteiger partial charge in [-0.3, -0.25) is 14.4 Å². The average molecular weight is 500 g/mol. The molecule has 3 aromatic rings. The van der Waals surface area contributed by atoms with Crippen LogP contribution in [0.15, 0.2) is 35.6 Å². The molecule has 1 aliphatic rings. The Hall–Kier alpha value is -3.38. The Bertz CT molecular complexity index is 1300. The van der Waals surface area contributed by atoms with E-state index in [4.69, 9.17) is 16.7 Å². The highest BCUT2D eigenvalue weighted by Crippen LogP contribution is 2.40. The molecular weight excluding hydrogens is 485 g/mol. The van der Waals surface area contributed by atoms with Crippen LogP contribution in [0.1, 0.15) is 46.1 Å². The van der Waals surface area contributed by atoms with Crippen molar-refractivity contribution < 1.29 is 31.9 Å². The molecule has 0 saturated heterocycles. The number of carbonyl (C=O) groups is 1. The molecule has 2 N–H and O–H groups in total. The van der Waals surface area contributed by atoms with E-state index >= 15 is 0 Å². The zero-order valence-corrected chi connectivity index (χ0v) is 18.0. The average Bonchev–Trinajstić information content (AvgIpc) is 3.17. The van der Waals surface area contributed by atoms with Crippen LogP contribution in [-0.4, -0.2) is 44.4 Å². The first-order chi connectivity index (χ1) is 16.0. The van der Waals surface area contributed by atoms with Crippen molar-refractivity contribution in [2.24, 2.45) is 4.99 Å². The number of nitrogens with one attached hydrogen (secondary N) is 1. The molecule has 0 bridgehead atoms. The predicted molar refractivity (Wildman–Crippen MR) is 111 cm³/mol. The number of carbonyl (C=O) groups excluding carboxylic acids is 1. The fraction of sp³-hybridized carbons (Fsp3) is 0.238. The fourth-order valence-corrected chi connectivity index (χ4v) is 3.91. The van der Waals surface area contributed by atoms with Crippen molar-refractivity contribution >= 4 is 23.2 Å². The SMILES string of the molecule is C[C@@H]1N=C(c2c(F)cccc2F)c2c(cnc(C(F)(F)F)c2Cl)-n2cc(C(=O)NCCO)nc21. The number of imidazole rings is 1. The number of alkyl halides is 3. The maximum absolute atomic E-state index is 14.7. The lowest BCUT2D eigenvalue weighted by Crippen LogP contribution is -2.26. The third-order valence-electron chi connectivity index (χ3n) is 5.02. The van der Waals surface area contributed by atoms with E-state index in [0.29, 0.717) is 0 Å². The molecule has 178 valence electrons. The Kier molecular flexibility index (Phi) is 6.13. The van der Waals surface area contributed by atoms with Crippen molar-refractivity contribution in [3.63, 3.8) is 0 Å². The lowest BCUT2D eigenvalue weighted by atomic mass is 9.99. The summed E-state index contributed by atoms with van der Waals surface area (Å²) in [6.07, 6.45) is -2.91. The molecule has 13 heteroatoms. The summed E-state index contributed by atoms with van der Waals surface area (Å²) in [5.41, 5.74) is -3.22. The van der Waals surface area contributed by atoms with Crippen LogP contribution < -0.4 is 5.32 Å². The van der Waals surface area contributed by atoms with Gasteiger partial charge in [0.1, 0.15) is 29.2 Å². The van der Waals surface area contributed by atoms with E-state index in [0.717, 1.165) is 24.4 Å². The monoisotopic (exact) mass is 499 g/mol. The van der Waals surface area contributed by atoms with Gasteiger partial charge in [-0.1, -0.05) is 17.7 Å². The highest BCUT2D eigenvalue weighted by Gasteiger charge is 2.39. The molecule has 0 radical (unpaired) electrons. The molecule has 0 unspecified atom stereocenters. The predicted octanol–water partition coefficient (Wildman–Crippen LogP) is 3.85. The number of amides is 1. The van der Waals surface area contributed by atoms with E-state index < -0.39 is 57.3 Å². The first-order valence-corrected chi connectivity index (χ1v) is 10.2. The van der Waals surface area contributed by atoms with Gasteiger partial charge in [-0.05, 0) is 19.1 Å². The third kappa shape index (κ3) is 4.03. The minimum Gasteiger partial charge on any atom is -0.395 e. The van der Waals surface area contributed by atoms with Gasteiger partial charge in [-0.25, -0.2) is 18.7 Å². The fourth-order valence-electron chi connectivity index (χ4n) is 3.56. The first-order valence-electron chi connectivity index (χ1n) is 9.81. The Balaban J connectivity index is 2.03. The Labute approximate surface area is 193 Å². The van der Waals surface area contributed by atoms with E-state index in [9.17, 15) is 26.7 Å². The highest BCUT2D eigenvalue weighted by atomic mass is 35.5. The molecule has 4 rings (SSSR count). The molecule has 0 spiro atoms. The van der Waals surface area contributed by atoms with Crippen LogP contribution in [0.2, 0.25) is 5.02 Å². The van der Waals surface area contributed by atoms with Gasteiger partial charge in [0.15, 0.2) is 5.69 Å². The van der Waals surface area contributed by atoms with E-state index in [2.05, 4.69) is 20.3 Å². The van der Waals surface area contributed by atoms with Crippen LogP contribution in [0.25, 0.3) is 5.69 Å². The van der Waals surface area contributed by atoms with Gasteiger partial charge in [-0.15, -0.1) is 0 Å². The number of aliphatic hydroxyl groups is 1. The maximum atomic E-state index is 14.7. The summed E-state index contributed by atoms with van der Waals surface area (Å²) in [6, 6.07) is 2.04. The van der Waals surface area contributed by atoms with Crippen molar-refractivity contribution in [3.8, 4) is 5.69 Å². The van der Waals surface area contributed by atoms with Crippen molar-refractivity contribution in [1.82, 2.24) is 19.9 Å². The van der Waals surface area contributed by atoms with Crippen LogP contribution in [-0.2, 0) is 6.18 Å². The first kappa shape index (κ1) is 23.8. The maximum Gasteiger partial charge on any atom is 0.434 e. The second kappa shape index (κ2) is 8.76. The van der Waals surface area contributed by atoms with Gasteiger partial charge in [0.2, 0.25) is 0 Å². The van der Waals surface area contributed by atoms with E-state index in [1.807, 2.05) is 0 Å². The summed E-state index contributed by atoms with van der Waals surface area (Å²) in [7, 11) is 0. The molecular formula is C21H15ClF5N5O2. The van der Waals surface area contributed by atoms with Crippen LogP contribution in [0.5, 0.6) is 0 Å². The van der Waals surface area contributed by atoms with Crippen LogP contribution in [0.3, 0.4) is 0 Å². The second-order valence-corrected chi connectivity index (χ2v) is 7.64. The normalized spacial score (nSPS) is 15.3. The molecule has 0 saturated carbocycles. The second-order valence-electron chi connectivity index (χ2n) is 7.26. The van der Waals surface area contributed by atoms with Crippen LogP contribution in [0, 0.1) is 11.6 Å². The topological polar surface area (TPSA) is 92.4 Å². The van der Waals surface area contributed by atoms with E-state index in [1.165, 1.54) is 17.7 Å². The minimum atomic E-state index is -4.96. The molecule has 1 atom stereocenters. The van der Waals surface area contributed by atoms with Gasteiger partial charge >= 0.3 is 6.18 Å². The minimum absolute atomic E-state index is 0.0512. The van der Waals surface area contributed by atoms with E-state index in [1.54, 1.807) is 0 Å². The van der Waals surface area contributed by atoms with Gasteiger partial charge in [0.25, 0.3) is 5.91 Å². The zero-order valence-electron chi connectivity index (χ0n) is 17.3. The number of fused-ring (bicyclic) bond motifs is 3. The van der Waals surface area contributed by atoms with Crippen molar-refractivity contribution in [3.05, 3.63) is 75.6 Å². The number of rotatable bonds is 4. The molecule has 1 aliphatic heterocycles. The number of aromatic nitrogens is 3. The van der Waals surface area contributed by atoms with Crippen LogP contribution >= 0.6 is 11.6 Å². The summed E-state index contributed by atoms with van der Waals surface area (Å²) in [5.74, 6) is -2.66. The van der Waals surface area contributed by atoms with Crippen molar-refractivity contribution in [2.45, 2.75) is 19.1 Å². The summed E-state index contributed by atoms with van der Waals surface area (Å²) in [6.45, 7) is 1.12. The Morgan fingerprint density at radius 2 is 1.91 bits per heavy atom. The van der Waals surface area contributed by atoms with Crippen molar-refractivity contribution in [1.29, 1.82) is 0 Å². The summed E-state index contributed by atoms with van der Waals surface area (Å²) < 4.78 is 71.4. The Morgan fingerprint density at radius 1 is 1.24 bits per heavy atom. The molecule has 1 aromatic carbocycles. The van der Waals surface area contributed by atoms with Gasteiger partial charge < -0.3 is 10.4 Å². The van der Waals surface area contributed by atoms with Gasteiger partial charge in [-0.2, -0.15) is 13.2 Å². The number of nitrogens with zero attached hydrogens (tertiary/aromatic N) is 4. The van der Waals surface area contributed by atoms with Gasteiger partial charge in [0, 0.05) is 18.3 Å². The largest absolute Gasteiger partial charge is 0.434 e. The summed E-state index contributed by atoms with van der Waals surface area (Å²) in [4.78, 5) is 24.2. The van der Waals surface area contributed by atoms with Crippen LogP contribution in [0.4, 0.5) is 22.0 Å². The number of halogens is 6. The third-order valence-corrected chi connectivity index (χ3v) is 5.39. The van der Waals surface area contributed by atoms with Crippen molar-refractivity contribution in [2.75, 3.05) is 13.2 Å². The quantitative estimate of drug-likeness (QED) is 0.533. The summed E-state index contributed by atoms with van der Waals surface area (Å²) in [5, 5.41) is 10.4. The lowest BCUT2D eigenvalue weighted by molar-refractivity contribution is -0.141. The molecule has 34 heavy (non-hydrogen) atoms. The molecule has 0 aliphatic carbocycles. The number of aliphatic imine (C=N–C) groups is 1. The number of pyridine rings is 1. The zero-order chi connectivity index (χ0) is 24.8. The van der Waals surface area contributed by atoms with E-state index in [-0.39, 0.29) is 30.4 Å². The molecule has 2 aromatic heterocycles. The lowest BCUT2D eigenvalue weighted by Gasteiger charge is -2.17. The standard InChI is InChI=1S/C21H15ClF5N5O2/c1-9-19-31-12(20(34)28-5-6-33)8-32(19)13-7-29-18(21(25,26)27)16(22)15(13)17(30-9)14-10(23)3-2-4-11(14)24/h2-4,7-9,33H,5-6H2,1H3,(H,28,34)/t9-/m0/s1. The van der Waals surface area contributed by atoms with Gasteiger partial charge in [0.05, 0.1) is 34.8 Å². The molecule has 1 amide bonds. The molecule has 0 fully saturated rings. The number of aliphatic hydroxyl groups excluding tert-OH is 1. The molecule has 3 heterocycles. The summed E-state index contributed by atoms with van der Waals surface area (Å²) >= 11 is 6.14. The Morgan fingerprint density at radius 3 is 2.53 bits per heavy atom. The number of hydrogen-bond donors (Lipinski definition) is 2. The molecule has 7 nitrogen and oxygen atoms in total. The number of hydrogen-bond acceptors (Lipinski definition) is 5.